The van der Waals surface area contributed by atoms with E-state index >= 15 is 0 Å². The zero-order chi connectivity index (χ0) is 12.1. The minimum absolute atomic E-state index is 0.298. The third kappa shape index (κ3) is 3.56. The highest BCUT2D eigenvalue weighted by molar-refractivity contribution is 5.68. The van der Waals surface area contributed by atoms with Crippen molar-refractivity contribution >= 4 is 11.9 Å². The summed E-state index contributed by atoms with van der Waals surface area (Å²) in [6, 6.07) is 2.66. The number of H-pyrrole nitrogens is 1. The van der Waals surface area contributed by atoms with E-state index in [1.165, 1.54) is 32.2 Å². The molecule has 0 saturated heterocycles. The average molecular weight is 225 g/mol. The Morgan fingerprint density at radius 3 is 2.12 bits per heavy atom. The summed E-state index contributed by atoms with van der Waals surface area (Å²) in [6.07, 6.45) is 0.186. The highest BCUT2D eigenvalue weighted by Crippen LogP contribution is 2.17. The van der Waals surface area contributed by atoms with E-state index in [4.69, 9.17) is 9.47 Å². The minimum atomic E-state index is -1.13. The second kappa shape index (κ2) is 5.11. The van der Waals surface area contributed by atoms with Crippen LogP contribution in [0.2, 0.25) is 0 Å². The first-order valence-corrected chi connectivity index (χ1v) is 4.52. The monoisotopic (exact) mass is 225 g/mol. The van der Waals surface area contributed by atoms with E-state index in [2.05, 4.69) is 4.98 Å². The van der Waals surface area contributed by atoms with Gasteiger partial charge in [0.15, 0.2) is 0 Å². The van der Waals surface area contributed by atoms with Crippen LogP contribution in [0.3, 0.4) is 0 Å². The summed E-state index contributed by atoms with van der Waals surface area (Å²) in [6.45, 7) is 2.39. The standard InChI is InChI=1S/C10H11NO5/c1-6(12)15-10(16-7(2)13)8-3-4-9(14)11-5-8/h3-5,10H,1-2H3,(H,11,14). The smallest absolute Gasteiger partial charge is 0.305 e. The molecule has 1 aromatic rings. The maximum Gasteiger partial charge on any atom is 0.305 e. The number of esters is 2. The van der Waals surface area contributed by atoms with Crippen LogP contribution in [0, 0.1) is 0 Å². The second-order valence-corrected chi connectivity index (χ2v) is 3.04. The third-order valence-electron chi connectivity index (χ3n) is 1.63. The summed E-state index contributed by atoms with van der Waals surface area (Å²) in [5.74, 6) is -1.17. The van der Waals surface area contributed by atoms with Crippen LogP contribution >= 0.6 is 0 Å². The zero-order valence-corrected chi connectivity index (χ0v) is 8.85. The van der Waals surface area contributed by atoms with E-state index in [0.29, 0.717) is 5.56 Å². The van der Waals surface area contributed by atoms with Crippen LogP contribution in [0.25, 0.3) is 0 Å². The summed E-state index contributed by atoms with van der Waals surface area (Å²) in [5, 5.41) is 0. The highest BCUT2D eigenvalue weighted by Gasteiger charge is 2.17. The van der Waals surface area contributed by atoms with Gasteiger partial charge in [0.1, 0.15) is 0 Å². The summed E-state index contributed by atoms with van der Waals surface area (Å²) in [7, 11) is 0. The van der Waals surface area contributed by atoms with Gasteiger partial charge in [-0.15, -0.1) is 0 Å². The fraction of sp³-hybridized carbons (Fsp3) is 0.300. The van der Waals surface area contributed by atoms with Gasteiger partial charge >= 0.3 is 11.9 Å². The molecule has 0 unspecified atom stereocenters. The van der Waals surface area contributed by atoms with Gasteiger partial charge in [-0.3, -0.25) is 14.4 Å². The highest BCUT2D eigenvalue weighted by atomic mass is 16.7. The molecule has 0 aliphatic rings. The van der Waals surface area contributed by atoms with Crippen LogP contribution in [-0.4, -0.2) is 16.9 Å². The first-order valence-electron chi connectivity index (χ1n) is 4.52. The molecule has 0 atom stereocenters. The van der Waals surface area contributed by atoms with Gasteiger partial charge in [-0.2, -0.15) is 0 Å². The largest absolute Gasteiger partial charge is 0.421 e. The molecule has 0 aliphatic carbocycles. The Morgan fingerprint density at radius 2 is 1.75 bits per heavy atom. The first-order chi connectivity index (χ1) is 7.49. The lowest BCUT2D eigenvalue weighted by molar-refractivity contribution is -0.186. The summed E-state index contributed by atoms with van der Waals surface area (Å²) in [5.41, 5.74) is 0.0816. The van der Waals surface area contributed by atoms with Crippen LogP contribution in [0.1, 0.15) is 25.7 Å². The Kier molecular flexibility index (Phi) is 3.82. The minimum Gasteiger partial charge on any atom is -0.421 e. The predicted molar refractivity (Wildman–Crippen MR) is 53.3 cm³/mol. The number of nitrogens with one attached hydrogen (secondary N) is 1. The molecule has 1 rings (SSSR count). The number of pyridine rings is 1. The van der Waals surface area contributed by atoms with Crippen molar-refractivity contribution in [3.05, 3.63) is 34.2 Å². The molecule has 0 amide bonds. The molecule has 16 heavy (non-hydrogen) atoms. The van der Waals surface area contributed by atoms with Crippen LogP contribution in [0.5, 0.6) is 0 Å². The topological polar surface area (TPSA) is 85.5 Å². The maximum absolute atomic E-state index is 10.8. The number of ether oxygens (including phenoxy) is 2. The van der Waals surface area contributed by atoms with Gasteiger partial charge in [-0.05, 0) is 6.07 Å². The number of aromatic nitrogens is 1. The van der Waals surface area contributed by atoms with E-state index in [0.717, 1.165) is 0 Å². The van der Waals surface area contributed by atoms with E-state index in [1.807, 2.05) is 0 Å². The summed E-state index contributed by atoms with van der Waals surface area (Å²) in [4.78, 5) is 34.8. The van der Waals surface area contributed by atoms with Gasteiger partial charge in [0.25, 0.3) is 6.29 Å². The molecular weight excluding hydrogens is 214 g/mol. The Bertz CT molecular complexity index is 414. The SMILES string of the molecule is CC(=O)OC(OC(C)=O)c1ccc(=O)[nH]c1. The molecule has 0 bridgehead atoms. The number of aromatic amines is 1. The van der Waals surface area contributed by atoms with E-state index < -0.39 is 18.2 Å². The van der Waals surface area contributed by atoms with Crippen molar-refractivity contribution < 1.29 is 19.1 Å². The van der Waals surface area contributed by atoms with Gasteiger partial charge in [-0.1, -0.05) is 0 Å². The van der Waals surface area contributed by atoms with Crippen molar-refractivity contribution in [1.29, 1.82) is 0 Å². The molecule has 1 N–H and O–H groups in total. The normalized spacial score (nSPS) is 9.94. The van der Waals surface area contributed by atoms with Crippen LogP contribution < -0.4 is 5.56 Å². The summed E-state index contributed by atoms with van der Waals surface area (Å²) < 4.78 is 9.57. The fourth-order valence-electron chi connectivity index (χ4n) is 1.03. The lowest BCUT2D eigenvalue weighted by atomic mass is 10.3. The van der Waals surface area contributed by atoms with Gasteiger partial charge in [0.2, 0.25) is 5.56 Å². The van der Waals surface area contributed by atoms with Crippen molar-refractivity contribution in [2.75, 3.05) is 0 Å². The quantitative estimate of drug-likeness (QED) is 0.598. The number of hydrogen-bond donors (Lipinski definition) is 1. The molecule has 6 nitrogen and oxygen atoms in total. The average Bonchev–Trinajstić information content (AvgIpc) is 2.16. The number of carbonyl (C=O) groups excluding carboxylic acids is 2. The zero-order valence-electron chi connectivity index (χ0n) is 8.85. The van der Waals surface area contributed by atoms with Crippen molar-refractivity contribution in [1.82, 2.24) is 4.98 Å². The molecule has 0 aromatic carbocycles. The molecule has 1 aromatic heterocycles. The van der Waals surface area contributed by atoms with Crippen molar-refractivity contribution in [2.45, 2.75) is 20.1 Å². The third-order valence-corrected chi connectivity index (χ3v) is 1.63. The number of carbonyl (C=O) groups is 2. The second-order valence-electron chi connectivity index (χ2n) is 3.04. The number of rotatable bonds is 3. The Morgan fingerprint density at radius 1 is 1.19 bits per heavy atom. The molecule has 6 heteroatoms. The lowest BCUT2D eigenvalue weighted by Crippen LogP contribution is -2.16. The van der Waals surface area contributed by atoms with Gasteiger partial charge < -0.3 is 14.5 Å². The fourth-order valence-corrected chi connectivity index (χ4v) is 1.03. The van der Waals surface area contributed by atoms with Crippen molar-refractivity contribution in [3.8, 4) is 0 Å². The molecule has 0 fully saturated rings. The Balaban J connectivity index is 2.90. The maximum atomic E-state index is 10.8. The number of hydrogen-bond acceptors (Lipinski definition) is 5. The molecular formula is C10H11NO5. The molecule has 1 heterocycles. The van der Waals surface area contributed by atoms with Crippen LogP contribution in [0.4, 0.5) is 0 Å². The summed E-state index contributed by atoms with van der Waals surface area (Å²) >= 11 is 0. The van der Waals surface area contributed by atoms with Crippen LogP contribution in [-0.2, 0) is 19.1 Å². The van der Waals surface area contributed by atoms with Crippen LogP contribution in [0.15, 0.2) is 23.1 Å². The van der Waals surface area contributed by atoms with Gasteiger partial charge in [0, 0.05) is 31.7 Å². The van der Waals surface area contributed by atoms with Gasteiger partial charge in [0.05, 0.1) is 0 Å². The van der Waals surface area contributed by atoms with E-state index in [-0.39, 0.29) is 5.56 Å². The molecule has 86 valence electrons. The Hall–Kier alpha value is -2.11. The Labute approximate surface area is 91.2 Å². The molecule has 0 saturated carbocycles. The predicted octanol–water partition coefficient (Wildman–Crippen LogP) is 0.500. The molecule has 0 spiro atoms. The molecule has 0 aliphatic heterocycles. The van der Waals surface area contributed by atoms with E-state index in [9.17, 15) is 14.4 Å². The van der Waals surface area contributed by atoms with Crippen molar-refractivity contribution in [2.24, 2.45) is 0 Å². The first kappa shape index (κ1) is 12.0. The lowest BCUT2D eigenvalue weighted by Gasteiger charge is -2.16. The molecule has 0 radical (unpaired) electrons. The van der Waals surface area contributed by atoms with Gasteiger partial charge in [-0.25, -0.2) is 0 Å². The van der Waals surface area contributed by atoms with Crippen molar-refractivity contribution in [3.63, 3.8) is 0 Å². The van der Waals surface area contributed by atoms with E-state index in [1.54, 1.807) is 0 Å².